The van der Waals surface area contributed by atoms with E-state index in [1.807, 2.05) is 24.3 Å². The molecule has 18 heavy (non-hydrogen) atoms. The molecule has 0 unspecified atom stereocenters. The molecule has 0 aliphatic heterocycles. The van der Waals surface area contributed by atoms with Crippen molar-refractivity contribution in [2.45, 2.75) is 6.61 Å². The van der Waals surface area contributed by atoms with Crippen LogP contribution in [0.15, 0.2) is 48.5 Å². The molecule has 0 aromatic heterocycles. The maximum absolute atomic E-state index is 12.7. The van der Waals surface area contributed by atoms with Crippen molar-refractivity contribution in [3.05, 3.63) is 69.0 Å². The molecule has 0 amide bonds. The number of benzene rings is 2. The van der Waals surface area contributed by atoms with Crippen molar-refractivity contribution in [1.82, 2.24) is 0 Å². The van der Waals surface area contributed by atoms with Crippen LogP contribution in [0.3, 0.4) is 0 Å². The van der Waals surface area contributed by atoms with E-state index in [0.29, 0.717) is 5.56 Å². The second-order valence-corrected chi connectivity index (χ2v) is 4.96. The Morgan fingerprint density at radius 2 is 1.67 bits per heavy atom. The number of hydrogen-bond donors (Lipinski definition) is 0. The highest BCUT2D eigenvalue weighted by molar-refractivity contribution is 14.1. The first kappa shape index (κ1) is 13.0. The molecule has 0 heterocycles. The minimum absolute atomic E-state index is 0.215. The summed E-state index contributed by atoms with van der Waals surface area (Å²) < 4.78 is 18.9. The molecule has 0 fully saturated rings. The molecule has 0 aliphatic rings. The summed E-state index contributed by atoms with van der Waals surface area (Å²) in [7, 11) is 0. The predicted molar refractivity (Wildman–Crippen MR) is 74.7 cm³/mol. The zero-order valence-corrected chi connectivity index (χ0v) is 11.6. The number of esters is 1. The van der Waals surface area contributed by atoms with Gasteiger partial charge in [-0.2, -0.15) is 0 Å². The Morgan fingerprint density at radius 3 is 2.28 bits per heavy atom. The van der Waals surface area contributed by atoms with Crippen LogP contribution < -0.4 is 0 Å². The van der Waals surface area contributed by atoms with Gasteiger partial charge in [-0.05, 0) is 64.6 Å². The van der Waals surface area contributed by atoms with E-state index in [9.17, 15) is 9.18 Å². The minimum Gasteiger partial charge on any atom is -0.457 e. The fourth-order valence-electron chi connectivity index (χ4n) is 1.40. The first-order valence-electron chi connectivity index (χ1n) is 5.32. The highest BCUT2D eigenvalue weighted by Gasteiger charge is 2.07. The van der Waals surface area contributed by atoms with Crippen LogP contribution in [0.1, 0.15) is 15.9 Å². The van der Waals surface area contributed by atoms with Crippen molar-refractivity contribution in [2.75, 3.05) is 0 Å². The molecular formula is C14H10FIO2. The summed E-state index contributed by atoms with van der Waals surface area (Å²) >= 11 is 2.21. The Hall–Kier alpha value is -1.43. The SMILES string of the molecule is O=C(OCc1ccc(I)cc1)c1ccc(F)cc1. The van der Waals surface area contributed by atoms with Gasteiger partial charge in [-0.3, -0.25) is 0 Å². The van der Waals surface area contributed by atoms with E-state index < -0.39 is 5.97 Å². The van der Waals surface area contributed by atoms with Crippen molar-refractivity contribution in [3.63, 3.8) is 0 Å². The number of halogens is 2. The van der Waals surface area contributed by atoms with E-state index in [1.54, 1.807) is 0 Å². The van der Waals surface area contributed by atoms with E-state index in [0.717, 1.165) is 9.13 Å². The number of carbonyl (C=O) groups is 1. The molecule has 0 radical (unpaired) electrons. The van der Waals surface area contributed by atoms with Crippen molar-refractivity contribution in [3.8, 4) is 0 Å². The van der Waals surface area contributed by atoms with Crippen molar-refractivity contribution >= 4 is 28.6 Å². The Morgan fingerprint density at radius 1 is 1.06 bits per heavy atom. The average Bonchev–Trinajstić information content (AvgIpc) is 2.38. The molecule has 0 saturated heterocycles. The third kappa shape index (κ3) is 3.53. The largest absolute Gasteiger partial charge is 0.457 e. The van der Waals surface area contributed by atoms with Crippen LogP contribution in [0.25, 0.3) is 0 Å². The topological polar surface area (TPSA) is 26.3 Å². The highest BCUT2D eigenvalue weighted by atomic mass is 127. The quantitative estimate of drug-likeness (QED) is 0.618. The highest BCUT2D eigenvalue weighted by Crippen LogP contribution is 2.10. The lowest BCUT2D eigenvalue weighted by Crippen LogP contribution is -2.05. The summed E-state index contributed by atoms with van der Waals surface area (Å²) in [6, 6.07) is 13.0. The van der Waals surface area contributed by atoms with Crippen molar-refractivity contribution in [2.24, 2.45) is 0 Å². The lowest BCUT2D eigenvalue weighted by molar-refractivity contribution is 0.0472. The fraction of sp³-hybridized carbons (Fsp3) is 0.0714. The predicted octanol–water partition coefficient (Wildman–Crippen LogP) is 3.79. The molecule has 0 spiro atoms. The van der Waals surface area contributed by atoms with E-state index >= 15 is 0 Å². The number of rotatable bonds is 3. The normalized spacial score (nSPS) is 10.1. The van der Waals surface area contributed by atoms with E-state index in [4.69, 9.17) is 4.74 Å². The van der Waals surface area contributed by atoms with Gasteiger partial charge in [0, 0.05) is 3.57 Å². The molecule has 2 rings (SSSR count). The molecule has 92 valence electrons. The van der Waals surface area contributed by atoms with Gasteiger partial charge in [0.15, 0.2) is 0 Å². The van der Waals surface area contributed by atoms with Gasteiger partial charge in [0.05, 0.1) is 5.56 Å². The van der Waals surface area contributed by atoms with Gasteiger partial charge in [-0.25, -0.2) is 9.18 Å². The van der Waals surface area contributed by atoms with Crippen LogP contribution >= 0.6 is 22.6 Å². The van der Waals surface area contributed by atoms with Gasteiger partial charge in [0.2, 0.25) is 0 Å². The van der Waals surface area contributed by atoms with Gasteiger partial charge >= 0.3 is 5.97 Å². The molecular weight excluding hydrogens is 346 g/mol. The number of hydrogen-bond acceptors (Lipinski definition) is 2. The molecule has 2 aromatic carbocycles. The second-order valence-electron chi connectivity index (χ2n) is 3.71. The maximum Gasteiger partial charge on any atom is 0.338 e. The summed E-state index contributed by atoms with van der Waals surface area (Å²) in [4.78, 5) is 11.7. The number of carbonyl (C=O) groups excluding carboxylic acids is 1. The average molecular weight is 356 g/mol. The third-order valence-electron chi connectivity index (χ3n) is 2.36. The molecule has 4 heteroatoms. The third-order valence-corrected chi connectivity index (χ3v) is 3.08. The lowest BCUT2D eigenvalue weighted by Gasteiger charge is -2.05. The smallest absolute Gasteiger partial charge is 0.338 e. The van der Waals surface area contributed by atoms with Crippen LogP contribution in [-0.2, 0) is 11.3 Å². The van der Waals surface area contributed by atoms with Gasteiger partial charge in [0.1, 0.15) is 12.4 Å². The standard InChI is InChI=1S/C14H10FIO2/c15-12-5-3-11(4-6-12)14(17)18-9-10-1-7-13(16)8-2-10/h1-8H,9H2. The van der Waals surface area contributed by atoms with Gasteiger partial charge < -0.3 is 4.74 Å². The number of ether oxygens (including phenoxy) is 1. The summed E-state index contributed by atoms with van der Waals surface area (Å²) in [5.74, 6) is -0.822. The fourth-order valence-corrected chi connectivity index (χ4v) is 1.76. The molecule has 0 aliphatic carbocycles. The Kier molecular flexibility index (Phi) is 4.30. The van der Waals surface area contributed by atoms with Crippen molar-refractivity contribution < 1.29 is 13.9 Å². The first-order chi connectivity index (χ1) is 8.65. The van der Waals surface area contributed by atoms with Gasteiger partial charge in [0.25, 0.3) is 0 Å². The van der Waals surface area contributed by atoms with E-state index in [1.165, 1.54) is 24.3 Å². The molecule has 0 bridgehead atoms. The monoisotopic (exact) mass is 356 g/mol. The molecule has 2 aromatic rings. The molecule has 0 atom stereocenters. The Labute approximate surface area is 118 Å². The van der Waals surface area contributed by atoms with Crippen LogP contribution in [-0.4, -0.2) is 5.97 Å². The van der Waals surface area contributed by atoms with E-state index in [-0.39, 0.29) is 12.4 Å². The van der Waals surface area contributed by atoms with Crippen LogP contribution in [0.2, 0.25) is 0 Å². The summed E-state index contributed by atoms with van der Waals surface area (Å²) in [5, 5.41) is 0. The molecule has 0 saturated carbocycles. The zero-order chi connectivity index (χ0) is 13.0. The Balaban J connectivity index is 1.96. The van der Waals surface area contributed by atoms with Gasteiger partial charge in [-0.1, -0.05) is 12.1 Å². The summed E-state index contributed by atoms with van der Waals surface area (Å²) in [6.07, 6.45) is 0. The van der Waals surface area contributed by atoms with Crippen molar-refractivity contribution in [1.29, 1.82) is 0 Å². The maximum atomic E-state index is 12.7. The zero-order valence-electron chi connectivity index (χ0n) is 9.40. The van der Waals surface area contributed by atoms with Gasteiger partial charge in [-0.15, -0.1) is 0 Å². The summed E-state index contributed by atoms with van der Waals surface area (Å²) in [6.45, 7) is 0.215. The van der Waals surface area contributed by atoms with Crippen LogP contribution in [0.4, 0.5) is 4.39 Å². The van der Waals surface area contributed by atoms with Crippen LogP contribution in [0, 0.1) is 9.39 Å². The molecule has 0 N–H and O–H groups in total. The van der Waals surface area contributed by atoms with Crippen LogP contribution in [0.5, 0.6) is 0 Å². The first-order valence-corrected chi connectivity index (χ1v) is 6.40. The lowest BCUT2D eigenvalue weighted by atomic mass is 10.2. The molecule has 2 nitrogen and oxygen atoms in total. The summed E-state index contributed by atoms with van der Waals surface area (Å²) in [5.41, 5.74) is 1.27. The Bertz CT molecular complexity index is 535. The van der Waals surface area contributed by atoms with E-state index in [2.05, 4.69) is 22.6 Å². The minimum atomic E-state index is -0.450. The second kappa shape index (κ2) is 5.95.